The second-order valence-corrected chi connectivity index (χ2v) is 6.82. The van der Waals surface area contributed by atoms with E-state index in [-0.39, 0.29) is 11.2 Å². The summed E-state index contributed by atoms with van der Waals surface area (Å²) in [4.78, 5) is 0. The summed E-state index contributed by atoms with van der Waals surface area (Å²) in [5, 5.41) is 22.8. The number of benzene rings is 1. The Morgan fingerprint density at radius 2 is 1.55 bits per heavy atom. The van der Waals surface area contributed by atoms with Gasteiger partial charge in [-0.05, 0) is 45.8 Å². The molecule has 6 heteroatoms. The smallest absolute Gasteiger partial charge is 0.399 e. The topological polar surface area (TPSA) is 71.0 Å². The van der Waals surface area contributed by atoms with Crippen molar-refractivity contribution in [3.8, 4) is 0 Å². The third-order valence-electron chi connectivity index (χ3n) is 4.58. The summed E-state index contributed by atoms with van der Waals surface area (Å²) in [7, 11) is 1.32. The molecule has 122 valence electrons. The third kappa shape index (κ3) is 3.36. The molecule has 5 nitrogen and oxygen atoms in total. The van der Waals surface area contributed by atoms with Crippen LogP contribution in [0, 0.1) is 0 Å². The fourth-order valence-corrected chi connectivity index (χ4v) is 2.37. The molecule has 0 spiro atoms. The quantitative estimate of drug-likeness (QED) is 0.695. The van der Waals surface area contributed by atoms with Crippen LogP contribution in [0.3, 0.4) is 0 Å². The van der Waals surface area contributed by atoms with E-state index in [1.165, 1.54) is 0 Å². The number of likely N-dealkylation sites (N-methyl/N-ethyl adjacent to an activating group) is 1. The molecular weight excluding hydrogens is 281 g/mol. The van der Waals surface area contributed by atoms with Gasteiger partial charge in [0.2, 0.25) is 0 Å². The first-order chi connectivity index (χ1) is 10.2. The zero-order chi connectivity index (χ0) is 16.5. The van der Waals surface area contributed by atoms with Crippen LogP contribution in [0.15, 0.2) is 24.3 Å². The fraction of sp³-hybridized carbons (Fsp3) is 0.625. The van der Waals surface area contributed by atoms with Gasteiger partial charge >= 0.3 is 7.12 Å². The van der Waals surface area contributed by atoms with E-state index >= 15 is 0 Å². The average molecular weight is 307 g/mol. The molecule has 0 radical (unpaired) electrons. The van der Waals surface area contributed by atoms with Crippen LogP contribution in [0.5, 0.6) is 0 Å². The molecule has 2 atom stereocenters. The molecule has 2 unspecified atom stereocenters. The third-order valence-corrected chi connectivity index (χ3v) is 4.58. The Morgan fingerprint density at radius 1 is 1.05 bits per heavy atom. The maximum Gasteiger partial charge on any atom is 0.494 e. The Bertz CT molecular complexity index is 487. The second-order valence-electron chi connectivity index (χ2n) is 6.82. The van der Waals surface area contributed by atoms with Crippen molar-refractivity contribution >= 4 is 12.6 Å². The van der Waals surface area contributed by atoms with E-state index in [1.54, 1.807) is 19.2 Å². The molecule has 0 saturated carbocycles. The molecule has 22 heavy (non-hydrogen) atoms. The molecule has 1 aromatic rings. The molecule has 1 saturated heterocycles. The van der Waals surface area contributed by atoms with Gasteiger partial charge in [-0.1, -0.05) is 24.3 Å². The number of hydrogen-bond donors (Lipinski definition) is 3. The molecule has 2 rings (SSSR count). The Labute approximate surface area is 132 Å². The number of aliphatic hydroxyl groups is 2. The molecule has 0 bridgehead atoms. The molecule has 1 aliphatic heterocycles. The maximum atomic E-state index is 10.1. The first-order valence-corrected chi connectivity index (χ1v) is 7.64. The highest BCUT2D eigenvalue weighted by Gasteiger charge is 2.51. The van der Waals surface area contributed by atoms with Gasteiger partial charge in [-0.3, -0.25) is 0 Å². The molecular formula is C16H26BNO4. The predicted molar refractivity (Wildman–Crippen MR) is 87.1 cm³/mol. The van der Waals surface area contributed by atoms with Gasteiger partial charge in [-0.25, -0.2) is 0 Å². The minimum atomic E-state index is -0.917. The molecule has 0 aliphatic carbocycles. The zero-order valence-electron chi connectivity index (χ0n) is 14.0. The van der Waals surface area contributed by atoms with E-state index < -0.39 is 19.3 Å². The van der Waals surface area contributed by atoms with Crippen molar-refractivity contribution in [2.24, 2.45) is 0 Å². The molecule has 3 N–H and O–H groups in total. The van der Waals surface area contributed by atoms with E-state index in [4.69, 9.17) is 9.31 Å². The Kier molecular flexibility index (Phi) is 4.99. The molecule has 1 heterocycles. The number of nitrogens with one attached hydrogen (secondary N) is 1. The van der Waals surface area contributed by atoms with Crippen LogP contribution >= 0.6 is 0 Å². The number of hydrogen-bond acceptors (Lipinski definition) is 5. The first kappa shape index (κ1) is 17.4. The van der Waals surface area contributed by atoms with Crippen molar-refractivity contribution in [2.75, 3.05) is 13.6 Å². The summed E-state index contributed by atoms with van der Waals surface area (Å²) in [5.74, 6) is 0. The van der Waals surface area contributed by atoms with Crippen molar-refractivity contribution < 1.29 is 19.5 Å². The van der Waals surface area contributed by atoms with Crippen LogP contribution in [-0.4, -0.2) is 48.2 Å². The lowest BCUT2D eigenvalue weighted by atomic mass is 9.78. The average Bonchev–Trinajstić information content (AvgIpc) is 2.67. The summed E-state index contributed by atoms with van der Waals surface area (Å²) in [5.41, 5.74) is 0.818. The van der Waals surface area contributed by atoms with E-state index in [0.29, 0.717) is 12.1 Å². The minimum Gasteiger partial charge on any atom is -0.399 e. The van der Waals surface area contributed by atoms with E-state index in [9.17, 15) is 10.2 Å². The summed E-state index contributed by atoms with van der Waals surface area (Å²) in [6.07, 6.45) is -1.76. The molecule has 0 amide bonds. The number of rotatable bonds is 5. The van der Waals surface area contributed by atoms with Crippen molar-refractivity contribution in [3.05, 3.63) is 29.8 Å². The minimum absolute atomic E-state index is 0.333. The van der Waals surface area contributed by atoms with Gasteiger partial charge < -0.3 is 24.8 Å². The van der Waals surface area contributed by atoms with Crippen molar-refractivity contribution in [1.82, 2.24) is 5.32 Å². The summed E-state index contributed by atoms with van der Waals surface area (Å²) >= 11 is 0. The zero-order valence-corrected chi connectivity index (χ0v) is 14.0. The van der Waals surface area contributed by atoms with Gasteiger partial charge in [0.15, 0.2) is 0 Å². The van der Waals surface area contributed by atoms with E-state index in [2.05, 4.69) is 5.32 Å². The summed E-state index contributed by atoms with van der Waals surface area (Å²) in [6.45, 7) is 8.39. The van der Waals surface area contributed by atoms with Gasteiger partial charge in [0, 0.05) is 6.54 Å². The normalized spacial score (nSPS) is 22.6. The van der Waals surface area contributed by atoms with Crippen molar-refractivity contribution in [1.29, 1.82) is 0 Å². The SMILES string of the molecule is CNCC(O)C(O)c1ccc(B2OC(C)(C)C(C)(C)O2)cc1. The second kappa shape index (κ2) is 6.30. The summed E-state index contributed by atoms with van der Waals surface area (Å²) in [6, 6.07) is 7.33. The highest BCUT2D eigenvalue weighted by molar-refractivity contribution is 6.62. The van der Waals surface area contributed by atoms with Crippen LogP contribution in [0.2, 0.25) is 0 Å². The standard InChI is InChI=1S/C16H26BNO4/c1-15(2)16(3,4)22-17(21-15)12-8-6-11(7-9-12)14(20)13(19)10-18-5/h6-9,13-14,18-20H,10H2,1-5H3. The van der Waals surface area contributed by atoms with Crippen molar-refractivity contribution in [3.63, 3.8) is 0 Å². The van der Waals surface area contributed by atoms with E-state index in [0.717, 1.165) is 5.46 Å². The van der Waals surface area contributed by atoms with Crippen LogP contribution in [0.1, 0.15) is 39.4 Å². The van der Waals surface area contributed by atoms with Gasteiger partial charge in [0.05, 0.1) is 17.3 Å². The Hall–Kier alpha value is -0.915. The van der Waals surface area contributed by atoms with Crippen LogP contribution < -0.4 is 10.8 Å². The van der Waals surface area contributed by atoms with Crippen LogP contribution in [0.25, 0.3) is 0 Å². The summed E-state index contributed by atoms with van der Waals surface area (Å²) < 4.78 is 12.0. The Morgan fingerprint density at radius 3 is 2.00 bits per heavy atom. The van der Waals surface area contributed by atoms with Gasteiger partial charge in [-0.2, -0.15) is 0 Å². The lowest BCUT2D eigenvalue weighted by molar-refractivity contribution is 0.00578. The Balaban J connectivity index is 2.10. The van der Waals surface area contributed by atoms with Crippen LogP contribution in [0.4, 0.5) is 0 Å². The molecule has 1 fully saturated rings. The first-order valence-electron chi connectivity index (χ1n) is 7.64. The van der Waals surface area contributed by atoms with E-state index in [1.807, 2.05) is 39.8 Å². The van der Waals surface area contributed by atoms with Crippen LogP contribution in [-0.2, 0) is 9.31 Å². The molecule has 1 aromatic carbocycles. The van der Waals surface area contributed by atoms with Gasteiger partial charge in [-0.15, -0.1) is 0 Å². The predicted octanol–water partition coefficient (Wildman–Crippen LogP) is 0.599. The van der Waals surface area contributed by atoms with Crippen molar-refractivity contribution in [2.45, 2.75) is 51.1 Å². The lowest BCUT2D eigenvalue weighted by Crippen LogP contribution is -2.41. The highest BCUT2D eigenvalue weighted by Crippen LogP contribution is 2.36. The van der Waals surface area contributed by atoms with Gasteiger partial charge in [0.25, 0.3) is 0 Å². The highest BCUT2D eigenvalue weighted by atomic mass is 16.7. The fourth-order valence-electron chi connectivity index (χ4n) is 2.37. The maximum absolute atomic E-state index is 10.1. The molecule has 1 aliphatic rings. The lowest BCUT2D eigenvalue weighted by Gasteiger charge is -2.32. The monoisotopic (exact) mass is 307 g/mol. The number of aliphatic hydroxyl groups excluding tert-OH is 2. The molecule has 0 aromatic heterocycles. The van der Waals surface area contributed by atoms with Gasteiger partial charge in [0.1, 0.15) is 6.10 Å². The largest absolute Gasteiger partial charge is 0.494 e.